The Balaban J connectivity index is 1.69. The lowest BCUT2D eigenvalue weighted by atomic mass is 9.99. The van der Waals surface area contributed by atoms with Crippen LogP contribution in [0.5, 0.6) is 0 Å². The third kappa shape index (κ3) is 3.63. The molecule has 1 heterocycles. The average Bonchev–Trinajstić information content (AvgIpc) is 3.06. The number of benzene rings is 2. The van der Waals surface area contributed by atoms with Gasteiger partial charge in [0.2, 0.25) is 0 Å². The van der Waals surface area contributed by atoms with Crippen molar-refractivity contribution in [2.24, 2.45) is 5.73 Å². The minimum absolute atomic E-state index is 0.0555. The fraction of sp³-hybridized carbons (Fsp3) is 0.167. The zero-order chi connectivity index (χ0) is 16.2. The molecule has 5 nitrogen and oxygen atoms in total. The molecule has 0 fully saturated rings. The Bertz CT molecular complexity index is 854. The van der Waals surface area contributed by atoms with E-state index >= 15 is 0 Å². The first-order chi connectivity index (χ1) is 11.1. The van der Waals surface area contributed by atoms with E-state index in [1.54, 1.807) is 12.5 Å². The number of nitrogens with zero attached hydrogens (tertiary/aromatic N) is 1. The number of Topliss-reactive ketones (excluding diaryl/α,β-unsaturated/α-hetero) is 1. The minimum Gasteiger partial charge on any atom is -0.384 e. The molecule has 3 aromatic rings. The lowest BCUT2D eigenvalue weighted by Crippen LogP contribution is -2.10. The fourth-order valence-electron chi connectivity index (χ4n) is 2.52. The topological polar surface area (TPSA) is 93.0 Å². The van der Waals surface area contributed by atoms with Crippen molar-refractivity contribution in [1.29, 1.82) is 5.41 Å². The van der Waals surface area contributed by atoms with Crippen LogP contribution >= 0.6 is 0 Å². The monoisotopic (exact) mass is 307 g/mol. The summed E-state index contributed by atoms with van der Waals surface area (Å²) < 4.78 is 4.75. The van der Waals surface area contributed by atoms with Gasteiger partial charge in [-0.3, -0.25) is 10.2 Å². The largest absolute Gasteiger partial charge is 0.384 e. The number of carbonyl (C=O) groups is 1. The maximum Gasteiger partial charge on any atom is 0.137 e. The summed E-state index contributed by atoms with van der Waals surface area (Å²) in [6, 6.07) is 11.6. The van der Waals surface area contributed by atoms with Crippen LogP contribution in [-0.2, 0) is 17.6 Å². The van der Waals surface area contributed by atoms with Crippen molar-refractivity contribution in [3.8, 4) is 0 Å². The number of rotatable bonds is 6. The van der Waals surface area contributed by atoms with Crippen molar-refractivity contribution in [2.45, 2.75) is 19.3 Å². The van der Waals surface area contributed by atoms with Gasteiger partial charge in [-0.25, -0.2) is 0 Å². The molecule has 0 spiro atoms. The Hall–Kier alpha value is -2.95. The molecule has 0 bridgehead atoms. The predicted octanol–water partition coefficient (Wildman–Crippen LogP) is 2.86. The van der Waals surface area contributed by atoms with Gasteiger partial charge < -0.3 is 10.3 Å². The van der Waals surface area contributed by atoms with Crippen LogP contribution in [0.15, 0.2) is 53.4 Å². The minimum atomic E-state index is 0.0555. The summed E-state index contributed by atoms with van der Waals surface area (Å²) in [5.74, 6) is 0.241. The van der Waals surface area contributed by atoms with Crippen LogP contribution in [0.25, 0.3) is 10.8 Å². The summed E-state index contributed by atoms with van der Waals surface area (Å²) in [6.07, 6.45) is 4.74. The summed E-state index contributed by atoms with van der Waals surface area (Å²) in [6.45, 7) is 0. The summed E-state index contributed by atoms with van der Waals surface area (Å²) in [5.41, 5.74) is 8.13. The van der Waals surface area contributed by atoms with Crippen LogP contribution in [0.1, 0.15) is 23.1 Å². The van der Waals surface area contributed by atoms with Gasteiger partial charge in [-0.05, 0) is 28.8 Å². The number of ketones is 1. The maximum atomic E-state index is 12.1. The zero-order valence-electron chi connectivity index (χ0n) is 12.6. The molecular weight excluding hydrogens is 290 g/mol. The lowest BCUT2D eigenvalue weighted by Gasteiger charge is -2.05. The molecule has 0 saturated heterocycles. The second-order valence-electron chi connectivity index (χ2n) is 5.56. The maximum absolute atomic E-state index is 12.1. The number of nitrogens with two attached hydrogens (primary N) is 1. The zero-order valence-corrected chi connectivity index (χ0v) is 12.6. The number of fused-ring (bicyclic) bond motifs is 1. The van der Waals surface area contributed by atoms with Crippen molar-refractivity contribution in [1.82, 2.24) is 5.16 Å². The quantitative estimate of drug-likeness (QED) is 0.541. The molecule has 116 valence electrons. The normalized spacial score (nSPS) is 10.8. The van der Waals surface area contributed by atoms with Gasteiger partial charge in [0, 0.05) is 24.0 Å². The third-order valence-corrected chi connectivity index (χ3v) is 3.79. The Morgan fingerprint density at radius 2 is 1.91 bits per heavy atom. The number of nitrogens with one attached hydrogen (secondary N) is 1. The van der Waals surface area contributed by atoms with E-state index in [4.69, 9.17) is 15.7 Å². The first-order valence-corrected chi connectivity index (χ1v) is 7.39. The SMILES string of the molecule is N=C(N)c1ccc2cc(CC(=O)CCc3cnoc3)ccc2c1. The van der Waals surface area contributed by atoms with Crippen LogP contribution in [0.2, 0.25) is 0 Å². The highest BCUT2D eigenvalue weighted by Crippen LogP contribution is 2.19. The standard InChI is InChI=1S/C18H17N3O2/c19-18(20)16-5-4-14-7-12(1-3-15(14)9-16)8-17(22)6-2-13-10-21-23-11-13/h1,3-5,7,9-11H,2,6,8H2,(H3,19,20). The molecule has 23 heavy (non-hydrogen) atoms. The molecule has 0 radical (unpaired) electrons. The van der Waals surface area contributed by atoms with Crippen LogP contribution in [-0.4, -0.2) is 16.8 Å². The molecule has 3 N–H and O–H groups in total. The summed E-state index contributed by atoms with van der Waals surface area (Å²) in [4.78, 5) is 12.1. The average molecular weight is 307 g/mol. The number of aryl methyl sites for hydroxylation is 1. The second-order valence-corrected chi connectivity index (χ2v) is 5.56. The molecule has 0 saturated carbocycles. The van der Waals surface area contributed by atoms with Gasteiger partial charge in [-0.1, -0.05) is 35.5 Å². The fourth-order valence-corrected chi connectivity index (χ4v) is 2.52. The van der Waals surface area contributed by atoms with E-state index in [1.807, 2.05) is 36.4 Å². The number of hydrogen-bond acceptors (Lipinski definition) is 4. The van der Waals surface area contributed by atoms with E-state index in [0.717, 1.165) is 21.9 Å². The number of carbonyl (C=O) groups excluding carboxylic acids is 1. The van der Waals surface area contributed by atoms with E-state index in [2.05, 4.69) is 5.16 Å². The van der Waals surface area contributed by atoms with Crippen molar-refractivity contribution >= 4 is 22.4 Å². The molecule has 0 aliphatic rings. The molecule has 0 amide bonds. The molecule has 0 aliphatic carbocycles. The Kier molecular flexibility index (Phi) is 4.19. The highest BCUT2D eigenvalue weighted by atomic mass is 16.5. The van der Waals surface area contributed by atoms with E-state index in [0.29, 0.717) is 24.8 Å². The Labute approximate surface area is 133 Å². The highest BCUT2D eigenvalue weighted by Gasteiger charge is 2.07. The molecule has 1 aromatic heterocycles. The molecule has 0 atom stereocenters. The van der Waals surface area contributed by atoms with Gasteiger partial charge in [0.1, 0.15) is 17.9 Å². The number of hydrogen-bond donors (Lipinski definition) is 2. The molecule has 3 rings (SSSR count). The number of nitrogen functional groups attached to an aromatic ring is 1. The van der Waals surface area contributed by atoms with E-state index < -0.39 is 0 Å². The first kappa shape index (κ1) is 15.0. The molecule has 5 heteroatoms. The van der Waals surface area contributed by atoms with E-state index in [9.17, 15) is 4.79 Å². The van der Waals surface area contributed by atoms with Crippen LogP contribution in [0.3, 0.4) is 0 Å². The summed E-state index contributed by atoms with van der Waals surface area (Å²) in [5, 5.41) is 13.2. The molecular formula is C18H17N3O2. The van der Waals surface area contributed by atoms with Gasteiger partial charge in [-0.2, -0.15) is 0 Å². The van der Waals surface area contributed by atoms with Crippen molar-refractivity contribution in [2.75, 3.05) is 0 Å². The smallest absolute Gasteiger partial charge is 0.137 e. The number of aromatic nitrogens is 1. The first-order valence-electron chi connectivity index (χ1n) is 7.39. The summed E-state index contributed by atoms with van der Waals surface area (Å²) >= 11 is 0. The van der Waals surface area contributed by atoms with Crippen LogP contribution in [0, 0.1) is 5.41 Å². The predicted molar refractivity (Wildman–Crippen MR) is 88.5 cm³/mol. The molecule has 0 unspecified atom stereocenters. The summed E-state index contributed by atoms with van der Waals surface area (Å²) in [7, 11) is 0. The van der Waals surface area contributed by atoms with Gasteiger partial charge >= 0.3 is 0 Å². The van der Waals surface area contributed by atoms with Crippen molar-refractivity contribution < 1.29 is 9.32 Å². The highest BCUT2D eigenvalue weighted by molar-refractivity contribution is 5.99. The van der Waals surface area contributed by atoms with Gasteiger partial charge in [0.15, 0.2) is 0 Å². The van der Waals surface area contributed by atoms with Gasteiger partial charge in [-0.15, -0.1) is 0 Å². The van der Waals surface area contributed by atoms with E-state index in [-0.39, 0.29) is 11.6 Å². The van der Waals surface area contributed by atoms with Crippen molar-refractivity contribution in [3.05, 3.63) is 65.5 Å². The van der Waals surface area contributed by atoms with E-state index in [1.165, 1.54) is 0 Å². The van der Waals surface area contributed by atoms with Crippen molar-refractivity contribution in [3.63, 3.8) is 0 Å². The molecule has 0 aliphatic heterocycles. The third-order valence-electron chi connectivity index (χ3n) is 3.79. The van der Waals surface area contributed by atoms with Gasteiger partial charge in [0.05, 0.1) is 6.20 Å². The van der Waals surface area contributed by atoms with Gasteiger partial charge in [0.25, 0.3) is 0 Å². The molecule has 2 aromatic carbocycles. The van der Waals surface area contributed by atoms with Crippen LogP contribution < -0.4 is 5.73 Å². The Morgan fingerprint density at radius 1 is 1.13 bits per heavy atom. The number of amidine groups is 1. The van der Waals surface area contributed by atoms with Crippen LogP contribution in [0.4, 0.5) is 0 Å². The Morgan fingerprint density at radius 3 is 2.65 bits per heavy atom. The lowest BCUT2D eigenvalue weighted by molar-refractivity contribution is -0.118. The second kappa shape index (κ2) is 6.44.